The van der Waals surface area contributed by atoms with Crippen LogP contribution in [0.3, 0.4) is 0 Å². The molecule has 0 aliphatic heterocycles. The van der Waals surface area contributed by atoms with Crippen molar-refractivity contribution in [2.45, 2.75) is 9.79 Å². The average molecular weight is 366 g/mol. The van der Waals surface area contributed by atoms with Crippen LogP contribution in [0.1, 0.15) is 0 Å². The molecule has 0 radical (unpaired) electrons. The number of ether oxygens (including phenoxy) is 1. The minimum absolute atomic E-state index is 0.194. The van der Waals surface area contributed by atoms with E-state index in [1.165, 1.54) is 0 Å². The van der Waals surface area contributed by atoms with Gasteiger partial charge in [-0.05, 0) is 42.5 Å². The third-order valence-electron chi connectivity index (χ3n) is 3.57. The first-order valence-electron chi connectivity index (χ1n) is 7.97. The predicted octanol–water partition coefficient (Wildman–Crippen LogP) is 3.45. The molecule has 1 amide bonds. The summed E-state index contributed by atoms with van der Waals surface area (Å²) in [6.45, 7) is -0.194. The lowest BCUT2D eigenvalue weighted by atomic mass is 10.3. The zero-order chi connectivity index (χ0) is 18.4. The van der Waals surface area contributed by atoms with Crippen molar-refractivity contribution in [2.24, 2.45) is 0 Å². The first-order valence-corrected chi connectivity index (χ1v) is 9.12. The average Bonchev–Trinajstić information content (AvgIpc) is 2.68. The number of para-hydroxylation sites is 1. The maximum Gasteiger partial charge on any atom is 0.262 e. The van der Waals surface area contributed by atoms with Gasteiger partial charge < -0.3 is 15.8 Å². The summed E-state index contributed by atoms with van der Waals surface area (Å²) in [5.41, 5.74) is 6.98. The normalized spacial score (nSPS) is 11.5. The molecule has 0 saturated carbocycles. The quantitative estimate of drug-likeness (QED) is 0.655. The zero-order valence-corrected chi connectivity index (χ0v) is 14.7. The highest BCUT2D eigenvalue weighted by Gasteiger charge is 2.11. The van der Waals surface area contributed by atoms with Crippen molar-refractivity contribution in [2.75, 3.05) is 17.7 Å². The number of anilines is 2. The van der Waals surface area contributed by atoms with Crippen LogP contribution in [0.5, 0.6) is 5.75 Å². The smallest absolute Gasteiger partial charge is 0.262 e. The summed E-state index contributed by atoms with van der Waals surface area (Å²) in [7, 11) is -1.35. The second kappa shape index (κ2) is 8.31. The minimum atomic E-state index is -1.35. The van der Waals surface area contributed by atoms with Crippen molar-refractivity contribution in [1.82, 2.24) is 0 Å². The molecule has 6 heteroatoms. The molecular weight excluding hydrogens is 348 g/mol. The highest BCUT2D eigenvalue weighted by molar-refractivity contribution is 7.85. The van der Waals surface area contributed by atoms with E-state index in [2.05, 4.69) is 5.32 Å². The largest absolute Gasteiger partial charge is 0.482 e. The van der Waals surface area contributed by atoms with E-state index >= 15 is 0 Å². The first-order chi connectivity index (χ1) is 12.6. The number of hydrogen-bond donors (Lipinski definition) is 2. The van der Waals surface area contributed by atoms with E-state index < -0.39 is 10.8 Å². The molecule has 5 nitrogen and oxygen atoms in total. The summed E-state index contributed by atoms with van der Waals surface area (Å²) in [5, 5.41) is 2.73. The number of rotatable bonds is 6. The minimum Gasteiger partial charge on any atom is -0.482 e. The Balaban J connectivity index is 1.68. The van der Waals surface area contributed by atoms with E-state index in [9.17, 15) is 9.00 Å². The summed E-state index contributed by atoms with van der Waals surface area (Å²) in [5.74, 6) is 0.0279. The summed E-state index contributed by atoms with van der Waals surface area (Å²) in [6.07, 6.45) is 0. The van der Waals surface area contributed by atoms with Gasteiger partial charge >= 0.3 is 0 Å². The molecule has 0 aliphatic rings. The lowest BCUT2D eigenvalue weighted by Gasteiger charge is -2.11. The van der Waals surface area contributed by atoms with E-state index in [0.717, 1.165) is 0 Å². The lowest BCUT2D eigenvalue weighted by molar-refractivity contribution is -0.118. The van der Waals surface area contributed by atoms with E-state index in [1.807, 2.05) is 36.4 Å². The van der Waals surface area contributed by atoms with E-state index in [1.54, 1.807) is 42.5 Å². The summed E-state index contributed by atoms with van der Waals surface area (Å²) in [6, 6.07) is 23.1. The molecule has 1 unspecified atom stereocenters. The van der Waals surface area contributed by atoms with Crippen LogP contribution in [-0.2, 0) is 15.6 Å². The third kappa shape index (κ3) is 4.49. The van der Waals surface area contributed by atoms with E-state index in [4.69, 9.17) is 10.5 Å². The Morgan fingerprint density at radius 3 is 2.27 bits per heavy atom. The van der Waals surface area contributed by atoms with Crippen molar-refractivity contribution in [3.05, 3.63) is 78.9 Å². The van der Waals surface area contributed by atoms with Gasteiger partial charge in [0.05, 0.1) is 16.5 Å². The summed E-state index contributed by atoms with van der Waals surface area (Å²) in [4.78, 5) is 13.2. The highest BCUT2D eigenvalue weighted by Crippen LogP contribution is 2.26. The summed E-state index contributed by atoms with van der Waals surface area (Å²) >= 11 is 0. The van der Waals surface area contributed by atoms with Crippen molar-refractivity contribution in [3.8, 4) is 5.75 Å². The summed E-state index contributed by atoms with van der Waals surface area (Å²) < 4.78 is 18.2. The monoisotopic (exact) mass is 366 g/mol. The number of amides is 1. The molecule has 3 aromatic rings. The Bertz CT molecular complexity index is 915. The number of nitrogens with one attached hydrogen (secondary N) is 1. The van der Waals surface area contributed by atoms with Crippen molar-refractivity contribution >= 4 is 28.1 Å². The number of carbonyl (C=O) groups is 1. The lowest BCUT2D eigenvalue weighted by Crippen LogP contribution is -2.20. The van der Waals surface area contributed by atoms with Crippen molar-refractivity contribution in [1.29, 1.82) is 0 Å². The molecule has 0 saturated heterocycles. The van der Waals surface area contributed by atoms with Gasteiger partial charge in [-0.25, -0.2) is 4.21 Å². The molecule has 26 heavy (non-hydrogen) atoms. The van der Waals surface area contributed by atoms with Gasteiger partial charge in [-0.15, -0.1) is 0 Å². The van der Waals surface area contributed by atoms with Crippen LogP contribution in [-0.4, -0.2) is 16.7 Å². The fourth-order valence-electron chi connectivity index (χ4n) is 2.30. The molecule has 0 spiro atoms. The fraction of sp³-hybridized carbons (Fsp3) is 0.0500. The molecule has 0 fully saturated rings. The molecule has 3 N–H and O–H groups in total. The molecule has 132 valence electrons. The van der Waals surface area contributed by atoms with Gasteiger partial charge in [0.1, 0.15) is 5.75 Å². The standard InChI is InChI=1S/C20H18N2O3S/c21-18-12-11-17(26(24)16-9-5-2-6-10-16)13-19(18)25-14-20(23)22-15-7-3-1-4-8-15/h1-13H,14,21H2,(H,22,23). The third-order valence-corrected chi connectivity index (χ3v) is 4.96. The van der Waals surface area contributed by atoms with Crippen LogP contribution in [0.2, 0.25) is 0 Å². The maximum absolute atomic E-state index is 12.6. The molecule has 0 aliphatic carbocycles. The van der Waals surface area contributed by atoms with Gasteiger partial charge in [0.2, 0.25) is 0 Å². The van der Waals surface area contributed by atoms with Crippen molar-refractivity contribution in [3.63, 3.8) is 0 Å². The second-order valence-electron chi connectivity index (χ2n) is 5.48. The SMILES string of the molecule is Nc1ccc(S(=O)c2ccccc2)cc1OCC(=O)Nc1ccccc1. The molecule has 0 heterocycles. The molecule has 3 aromatic carbocycles. The maximum atomic E-state index is 12.6. The Morgan fingerprint density at radius 1 is 0.923 bits per heavy atom. The Hall–Kier alpha value is -3.12. The predicted molar refractivity (Wildman–Crippen MR) is 103 cm³/mol. The molecule has 3 rings (SSSR count). The fourth-order valence-corrected chi connectivity index (χ4v) is 3.38. The molecular formula is C20H18N2O3S. The topological polar surface area (TPSA) is 81.4 Å². The van der Waals surface area contributed by atoms with Gasteiger partial charge in [0, 0.05) is 15.5 Å². The Morgan fingerprint density at radius 2 is 1.58 bits per heavy atom. The van der Waals surface area contributed by atoms with Gasteiger partial charge in [0.15, 0.2) is 6.61 Å². The highest BCUT2D eigenvalue weighted by atomic mass is 32.2. The van der Waals surface area contributed by atoms with E-state index in [-0.39, 0.29) is 12.5 Å². The van der Waals surface area contributed by atoms with Gasteiger partial charge in [-0.2, -0.15) is 0 Å². The Labute approximate surface area is 154 Å². The zero-order valence-electron chi connectivity index (χ0n) is 13.9. The van der Waals surface area contributed by atoms with Crippen LogP contribution in [0.4, 0.5) is 11.4 Å². The molecule has 0 bridgehead atoms. The van der Waals surface area contributed by atoms with Crippen LogP contribution in [0.15, 0.2) is 88.7 Å². The van der Waals surface area contributed by atoms with Crippen LogP contribution >= 0.6 is 0 Å². The molecule has 1 atom stereocenters. The van der Waals surface area contributed by atoms with E-state index in [0.29, 0.717) is 26.9 Å². The second-order valence-corrected chi connectivity index (χ2v) is 6.96. The van der Waals surface area contributed by atoms with Crippen LogP contribution in [0, 0.1) is 0 Å². The van der Waals surface area contributed by atoms with Crippen molar-refractivity contribution < 1.29 is 13.7 Å². The van der Waals surface area contributed by atoms with Gasteiger partial charge in [0.25, 0.3) is 5.91 Å². The van der Waals surface area contributed by atoms with Crippen LogP contribution in [0.25, 0.3) is 0 Å². The number of hydrogen-bond acceptors (Lipinski definition) is 4. The number of carbonyl (C=O) groups excluding carboxylic acids is 1. The number of benzene rings is 3. The number of nitrogen functional groups attached to an aromatic ring is 1. The van der Waals surface area contributed by atoms with Crippen LogP contribution < -0.4 is 15.8 Å². The first kappa shape index (κ1) is 17.7. The Kier molecular flexibility index (Phi) is 5.66. The number of nitrogens with two attached hydrogens (primary N) is 1. The van der Waals surface area contributed by atoms with Gasteiger partial charge in [-0.1, -0.05) is 36.4 Å². The molecule has 0 aromatic heterocycles. The van der Waals surface area contributed by atoms with Gasteiger partial charge in [-0.3, -0.25) is 4.79 Å².